The fourth-order valence-electron chi connectivity index (χ4n) is 3.51. The Morgan fingerprint density at radius 3 is 2.45 bits per heavy atom. The number of ether oxygens (including phenoxy) is 1. The number of fused-ring (bicyclic) bond motifs is 1. The van der Waals surface area contributed by atoms with Gasteiger partial charge < -0.3 is 9.15 Å². The normalized spacial score (nSPS) is 11.5. The summed E-state index contributed by atoms with van der Waals surface area (Å²) < 4.78 is 11.5. The third kappa shape index (κ3) is 5.13. The van der Waals surface area contributed by atoms with E-state index >= 15 is 0 Å². The lowest BCUT2D eigenvalue weighted by molar-refractivity contribution is 0.0379. The van der Waals surface area contributed by atoms with Gasteiger partial charge >= 0.3 is 5.97 Å². The maximum atomic E-state index is 13.5. The minimum absolute atomic E-state index is 0.0924. The number of carbonyl (C=O) groups is 2. The lowest BCUT2D eigenvalue weighted by Crippen LogP contribution is -2.11. The van der Waals surface area contributed by atoms with Gasteiger partial charge in [0.1, 0.15) is 16.9 Å². The Morgan fingerprint density at radius 1 is 1.06 bits per heavy atom. The van der Waals surface area contributed by atoms with Gasteiger partial charge in [0, 0.05) is 17.4 Å². The van der Waals surface area contributed by atoms with Crippen molar-refractivity contribution in [3.8, 4) is 0 Å². The molecule has 0 fully saturated rings. The first-order valence-corrected chi connectivity index (χ1v) is 11.0. The van der Waals surface area contributed by atoms with Crippen LogP contribution in [0, 0.1) is 0 Å². The summed E-state index contributed by atoms with van der Waals surface area (Å²) in [5, 5.41) is 0.657. The Labute approximate surface area is 183 Å². The van der Waals surface area contributed by atoms with E-state index in [-0.39, 0.29) is 11.9 Å². The third-order valence-corrected chi connectivity index (χ3v) is 5.05. The number of rotatable bonds is 9. The first-order chi connectivity index (χ1) is 15.0. The molecule has 0 N–H and O–H groups in total. The van der Waals surface area contributed by atoms with Gasteiger partial charge in [0.2, 0.25) is 0 Å². The molecule has 0 atom stereocenters. The van der Waals surface area contributed by atoms with E-state index in [0.29, 0.717) is 39.8 Å². The summed E-state index contributed by atoms with van der Waals surface area (Å²) in [4.78, 5) is 26.1. The largest absolute Gasteiger partial charge is 0.459 e. The van der Waals surface area contributed by atoms with E-state index < -0.39 is 5.97 Å². The van der Waals surface area contributed by atoms with E-state index in [4.69, 9.17) is 9.15 Å². The van der Waals surface area contributed by atoms with Crippen molar-refractivity contribution in [1.82, 2.24) is 0 Å². The van der Waals surface area contributed by atoms with Crippen LogP contribution in [0.25, 0.3) is 17.0 Å². The molecule has 0 unspecified atom stereocenters. The standard InChI is InChI=1S/C27H30O4/c1-5-7-10-19-14-16-20(17-15-19)25(28)24-21-11-9-12-22(27(29)30-18(3)4)26(21)31-23(24)13-8-6-2/h7,9-12,14-18H,5-6,8,13H2,1-4H3/b10-7+. The summed E-state index contributed by atoms with van der Waals surface area (Å²) in [5.41, 5.74) is 2.97. The molecule has 3 rings (SSSR count). The first-order valence-electron chi connectivity index (χ1n) is 11.0. The molecule has 3 aromatic rings. The second-order valence-electron chi connectivity index (χ2n) is 7.90. The highest BCUT2D eigenvalue weighted by molar-refractivity contribution is 6.18. The van der Waals surface area contributed by atoms with Crippen molar-refractivity contribution >= 4 is 28.8 Å². The van der Waals surface area contributed by atoms with E-state index in [0.717, 1.165) is 24.8 Å². The molecule has 4 heteroatoms. The number of para-hydroxylation sites is 1. The van der Waals surface area contributed by atoms with Crippen LogP contribution in [0.3, 0.4) is 0 Å². The molecule has 1 heterocycles. The molecule has 2 aromatic carbocycles. The summed E-state index contributed by atoms with van der Waals surface area (Å²) in [6.45, 7) is 7.79. The lowest BCUT2D eigenvalue weighted by atomic mass is 9.97. The van der Waals surface area contributed by atoms with Crippen molar-refractivity contribution in [2.24, 2.45) is 0 Å². The Hall–Kier alpha value is -3.14. The molecule has 0 radical (unpaired) electrons. The van der Waals surface area contributed by atoms with Crippen LogP contribution in [-0.2, 0) is 11.2 Å². The Morgan fingerprint density at radius 2 is 1.81 bits per heavy atom. The number of carbonyl (C=O) groups excluding carboxylic acids is 2. The molecule has 31 heavy (non-hydrogen) atoms. The SMILES string of the molecule is CC/C=C/c1ccc(C(=O)c2c(CCCC)oc3c(C(=O)OC(C)C)cccc23)cc1. The van der Waals surface area contributed by atoms with Gasteiger partial charge in [0.25, 0.3) is 0 Å². The zero-order valence-corrected chi connectivity index (χ0v) is 18.7. The van der Waals surface area contributed by atoms with Crippen LogP contribution in [0.4, 0.5) is 0 Å². The van der Waals surface area contributed by atoms with Crippen molar-refractivity contribution in [2.45, 2.75) is 59.5 Å². The molecule has 0 aliphatic heterocycles. The summed E-state index contributed by atoms with van der Waals surface area (Å²) in [5.74, 6) is 0.0920. The van der Waals surface area contributed by atoms with Crippen molar-refractivity contribution in [2.75, 3.05) is 0 Å². The van der Waals surface area contributed by atoms with Gasteiger partial charge in [-0.05, 0) is 38.3 Å². The van der Waals surface area contributed by atoms with Crippen molar-refractivity contribution < 1.29 is 18.7 Å². The highest BCUT2D eigenvalue weighted by Crippen LogP contribution is 2.32. The van der Waals surface area contributed by atoms with Crippen molar-refractivity contribution in [3.05, 3.63) is 76.6 Å². The molecule has 4 nitrogen and oxygen atoms in total. The zero-order chi connectivity index (χ0) is 22.4. The molecule has 0 saturated carbocycles. The topological polar surface area (TPSA) is 56.5 Å². The van der Waals surface area contributed by atoms with Crippen LogP contribution in [0.5, 0.6) is 0 Å². The van der Waals surface area contributed by atoms with Crippen LogP contribution in [0.1, 0.15) is 84.6 Å². The van der Waals surface area contributed by atoms with Crippen LogP contribution in [-0.4, -0.2) is 17.9 Å². The van der Waals surface area contributed by atoms with Gasteiger partial charge in [0.05, 0.1) is 11.7 Å². The minimum Gasteiger partial charge on any atom is -0.459 e. The third-order valence-electron chi connectivity index (χ3n) is 5.05. The molecule has 1 aromatic heterocycles. The van der Waals surface area contributed by atoms with Gasteiger partial charge in [-0.2, -0.15) is 0 Å². The molecule has 0 aliphatic carbocycles. The Balaban J connectivity index is 2.08. The number of benzene rings is 2. The van der Waals surface area contributed by atoms with E-state index in [1.165, 1.54) is 0 Å². The second-order valence-corrected chi connectivity index (χ2v) is 7.90. The van der Waals surface area contributed by atoms with Gasteiger partial charge in [-0.25, -0.2) is 4.79 Å². The summed E-state index contributed by atoms with van der Waals surface area (Å²) in [7, 11) is 0. The highest BCUT2D eigenvalue weighted by Gasteiger charge is 2.25. The number of unbranched alkanes of at least 4 members (excludes halogenated alkanes) is 1. The van der Waals surface area contributed by atoms with Crippen LogP contribution < -0.4 is 0 Å². The fourth-order valence-corrected chi connectivity index (χ4v) is 3.51. The van der Waals surface area contributed by atoms with Crippen molar-refractivity contribution in [1.29, 1.82) is 0 Å². The Kier molecular flexibility index (Phi) is 7.45. The maximum Gasteiger partial charge on any atom is 0.342 e. The molecule has 0 bridgehead atoms. The molecule has 162 valence electrons. The maximum absolute atomic E-state index is 13.5. The van der Waals surface area contributed by atoms with E-state index in [9.17, 15) is 9.59 Å². The molecule has 0 saturated heterocycles. The average molecular weight is 419 g/mol. The van der Waals surface area contributed by atoms with Gasteiger partial charge in [-0.1, -0.05) is 68.8 Å². The number of esters is 1. The number of hydrogen-bond acceptors (Lipinski definition) is 4. The second kappa shape index (κ2) is 10.3. The van der Waals surface area contributed by atoms with Gasteiger partial charge in [-0.15, -0.1) is 0 Å². The lowest BCUT2D eigenvalue weighted by Gasteiger charge is -2.08. The quantitative estimate of drug-likeness (QED) is 0.277. The molecular weight excluding hydrogens is 388 g/mol. The number of hydrogen-bond donors (Lipinski definition) is 0. The van der Waals surface area contributed by atoms with E-state index in [1.54, 1.807) is 26.0 Å². The highest BCUT2D eigenvalue weighted by atomic mass is 16.5. The summed E-state index contributed by atoms with van der Waals surface area (Å²) in [6.07, 6.45) is 7.37. The number of ketones is 1. The smallest absolute Gasteiger partial charge is 0.342 e. The van der Waals surface area contributed by atoms with Gasteiger partial charge in [0.15, 0.2) is 5.78 Å². The number of furan rings is 1. The zero-order valence-electron chi connectivity index (χ0n) is 18.7. The minimum atomic E-state index is -0.442. The molecule has 0 spiro atoms. The fraction of sp³-hybridized carbons (Fsp3) is 0.333. The predicted molar refractivity (Wildman–Crippen MR) is 125 cm³/mol. The first kappa shape index (κ1) is 22.5. The van der Waals surface area contributed by atoms with E-state index in [1.807, 2.05) is 36.4 Å². The predicted octanol–water partition coefficient (Wildman–Crippen LogP) is 6.99. The average Bonchev–Trinajstić information content (AvgIpc) is 3.13. The van der Waals surface area contributed by atoms with E-state index in [2.05, 4.69) is 19.9 Å². The van der Waals surface area contributed by atoms with Crippen LogP contribution in [0.15, 0.2) is 53.0 Å². The summed E-state index contributed by atoms with van der Waals surface area (Å²) in [6, 6.07) is 12.9. The monoisotopic (exact) mass is 418 g/mol. The van der Waals surface area contributed by atoms with Crippen LogP contribution in [0.2, 0.25) is 0 Å². The van der Waals surface area contributed by atoms with Gasteiger partial charge in [-0.3, -0.25) is 4.79 Å². The van der Waals surface area contributed by atoms with Crippen molar-refractivity contribution in [3.63, 3.8) is 0 Å². The number of allylic oxidation sites excluding steroid dienone is 1. The molecular formula is C27H30O4. The Bertz CT molecular complexity index is 1080. The number of aryl methyl sites for hydroxylation is 1. The molecule has 0 amide bonds. The molecule has 0 aliphatic rings. The van der Waals surface area contributed by atoms with Crippen LogP contribution >= 0.6 is 0 Å². The summed E-state index contributed by atoms with van der Waals surface area (Å²) >= 11 is 0.